The second-order valence-electron chi connectivity index (χ2n) is 4.76. The van der Waals surface area contributed by atoms with Gasteiger partial charge in [-0.15, -0.1) is 0 Å². The van der Waals surface area contributed by atoms with E-state index in [1.807, 2.05) is 24.0 Å². The van der Waals surface area contributed by atoms with Crippen LogP contribution in [0.15, 0.2) is 18.3 Å². The van der Waals surface area contributed by atoms with Crippen molar-refractivity contribution in [2.45, 2.75) is 26.2 Å². The van der Waals surface area contributed by atoms with Gasteiger partial charge in [-0.25, -0.2) is 4.98 Å². The van der Waals surface area contributed by atoms with Crippen molar-refractivity contribution in [1.82, 2.24) is 9.88 Å². The number of nitrogens with zero attached hydrogens (tertiary/aromatic N) is 2. The number of hydrogen-bond acceptors (Lipinski definition) is 4. The van der Waals surface area contributed by atoms with Crippen molar-refractivity contribution in [1.29, 1.82) is 0 Å². The summed E-state index contributed by atoms with van der Waals surface area (Å²) in [5.74, 6) is 1.01. The van der Waals surface area contributed by atoms with Gasteiger partial charge in [0.2, 0.25) is 5.91 Å². The minimum atomic E-state index is 0.182. The van der Waals surface area contributed by atoms with Crippen LogP contribution >= 0.6 is 0 Å². The third-order valence-corrected chi connectivity index (χ3v) is 3.27. The van der Waals surface area contributed by atoms with Crippen molar-refractivity contribution >= 4 is 17.4 Å². The first kappa shape index (κ1) is 13.6. The number of hydrogen-bond donors (Lipinski definition) is 2. The van der Waals surface area contributed by atoms with Crippen LogP contribution < -0.4 is 10.6 Å². The fourth-order valence-electron chi connectivity index (χ4n) is 2.25. The number of piperidine rings is 1. The average Bonchev–Trinajstić information content (AvgIpc) is 2.46. The summed E-state index contributed by atoms with van der Waals surface area (Å²) in [6, 6.07) is 3.80. The predicted molar refractivity (Wildman–Crippen MR) is 77.3 cm³/mol. The highest BCUT2D eigenvalue weighted by atomic mass is 16.2. The molecule has 0 aliphatic carbocycles. The molecule has 0 unspecified atom stereocenters. The first-order valence-corrected chi connectivity index (χ1v) is 7.01. The largest absolute Gasteiger partial charge is 0.376 e. The zero-order valence-corrected chi connectivity index (χ0v) is 11.5. The fourth-order valence-corrected chi connectivity index (χ4v) is 2.25. The summed E-state index contributed by atoms with van der Waals surface area (Å²) in [7, 11) is 0. The van der Waals surface area contributed by atoms with E-state index in [9.17, 15) is 4.79 Å². The lowest BCUT2D eigenvalue weighted by atomic mass is 10.1. The molecule has 1 fully saturated rings. The zero-order chi connectivity index (χ0) is 13.5. The van der Waals surface area contributed by atoms with E-state index in [2.05, 4.69) is 15.6 Å². The molecule has 1 amide bonds. The molecule has 2 N–H and O–H groups in total. The average molecular weight is 262 g/mol. The molecule has 5 heteroatoms. The summed E-state index contributed by atoms with van der Waals surface area (Å²) in [5.41, 5.74) is 0.927. The molecule has 104 valence electrons. The van der Waals surface area contributed by atoms with Gasteiger partial charge in [0, 0.05) is 37.6 Å². The number of rotatable bonds is 5. The van der Waals surface area contributed by atoms with Crippen LogP contribution in [-0.4, -0.2) is 42.0 Å². The van der Waals surface area contributed by atoms with E-state index in [1.54, 1.807) is 6.20 Å². The number of amides is 1. The third kappa shape index (κ3) is 4.12. The first-order chi connectivity index (χ1) is 9.29. The van der Waals surface area contributed by atoms with Gasteiger partial charge < -0.3 is 15.5 Å². The van der Waals surface area contributed by atoms with Crippen LogP contribution in [0.2, 0.25) is 0 Å². The Labute approximate surface area is 114 Å². The quantitative estimate of drug-likeness (QED) is 0.851. The van der Waals surface area contributed by atoms with Crippen LogP contribution in [0, 0.1) is 0 Å². The van der Waals surface area contributed by atoms with Crippen LogP contribution in [0.1, 0.15) is 26.2 Å². The van der Waals surface area contributed by atoms with Gasteiger partial charge in [0.25, 0.3) is 0 Å². The van der Waals surface area contributed by atoms with Gasteiger partial charge in [0.05, 0.1) is 6.54 Å². The summed E-state index contributed by atoms with van der Waals surface area (Å²) in [5, 5.41) is 6.32. The molecule has 1 aliphatic heterocycles. The highest BCUT2D eigenvalue weighted by Gasteiger charge is 2.15. The smallest absolute Gasteiger partial charge is 0.241 e. The van der Waals surface area contributed by atoms with Gasteiger partial charge in [0.1, 0.15) is 5.82 Å². The molecule has 19 heavy (non-hydrogen) atoms. The highest BCUT2D eigenvalue weighted by molar-refractivity contribution is 5.81. The topological polar surface area (TPSA) is 57.3 Å². The maximum absolute atomic E-state index is 12.0. The third-order valence-electron chi connectivity index (χ3n) is 3.27. The Balaban J connectivity index is 1.83. The Bertz CT molecular complexity index is 416. The van der Waals surface area contributed by atoms with Crippen molar-refractivity contribution in [2.24, 2.45) is 0 Å². The lowest BCUT2D eigenvalue weighted by Gasteiger charge is -2.26. The van der Waals surface area contributed by atoms with Crippen LogP contribution in [-0.2, 0) is 4.79 Å². The van der Waals surface area contributed by atoms with E-state index in [0.717, 1.165) is 44.0 Å². The van der Waals surface area contributed by atoms with Crippen LogP contribution in [0.3, 0.4) is 0 Å². The Kier molecular flexibility index (Phi) is 5.01. The van der Waals surface area contributed by atoms with E-state index in [4.69, 9.17) is 0 Å². The lowest BCUT2D eigenvalue weighted by molar-refractivity contribution is -0.130. The Morgan fingerprint density at radius 2 is 2.11 bits per heavy atom. The molecule has 2 rings (SSSR count). The molecule has 0 spiro atoms. The van der Waals surface area contributed by atoms with Gasteiger partial charge in [0.15, 0.2) is 0 Å². The molecule has 0 radical (unpaired) electrons. The molecule has 0 aromatic carbocycles. The number of carbonyl (C=O) groups is 1. The summed E-state index contributed by atoms with van der Waals surface area (Å²) in [6.45, 7) is 5.03. The van der Waals surface area contributed by atoms with Gasteiger partial charge >= 0.3 is 0 Å². The van der Waals surface area contributed by atoms with E-state index >= 15 is 0 Å². The highest BCUT2D eigenvalue weighted by Crippen LogP contribution is 2.12. The van der Waals surface area contributed by atoms with E-state index in [0.29, 0.717) is 6.54 Å². The molecule has 0 bridgehead atoms. The molecule has 0 saturated carbocycles. The minimum absolute atomic E-state index is 0.182. The molecule has 1 aliphatic rings. The number of aromatic nitrogens is 1. The molecule has 1 saturated heterocycles. The normalized spacial score (nSPS) is 15.1. The Morgan fingerprint density at radius 3 is 2.84 bits per heavy atom. The van der Waals surface area contributed by atoms with Crippen molar-refractivity contribution in [3.8, 4) is 0 Å². The lowest BCUT2D eigenvalue weighted by Crippen LogP contribution is -2.39. The van der Waals surface area contributed by atoms with Crippen molar-refractivity contribution < 1.29 is 4.79 Å². The van der Waals surface area contributed by atoms with Crippen molar-refractivity contribution in [3.05, 3.63) is 18.3 Å². The molecule has 2 heterocycles. The number of pyridine rings is 1. The van der Waals surface area contributed by atoms with Crippen molar-refractivity contribution in [3.63, 3.8) is 0 Å². The molecular weight excluding hydrogens is 240 g/mol. The maximum Gasteiger partial charge on any atom is 0.241 e. The summed E-state index contributed by atoms with van der Waals surface area (Å²) in [6.07, 6.45) is 5.25. The van der Waals surface area contributed by atoms with Gasteiger partial charge in [-0.2, -0.15) is 0 Å². The second-order valence-corrected chi connectivity index (χ2v) is 4.76. The summed E-state index contributed by atoms with van der Waals surface area (Å²) >= 11 is 0. The number of anilines is 2. The van der Waals surface area contributed by atoms with Gasteiger partial charge in [-0.1, -0.05) is 0 Å². The fraction of sp³-hybridized carbons (Fsp3) is 0.571. The van der Waals surface area contributed by atoms with Crippen molar-refractivity contribution in [2.75, 3.05) is 36.8 Å². The van der Waals surface area contributed by atoms with E-state index in [-0.39, 0.29) is 5.91 Å². The maximum atomic E-state index is 12.0. The molecule has 1 aromatic rings. The monoisotopic (exact) mass is 262 g/mol. The molecule has 5 nitrogen and oxygen atoms in total. The zero-order valence-electron chi connectivity index (χ0n) is 11.5. The molecule has 0 atom stereocenters. The minimum Gasteiger partial charge on any atom is -0.376 e. The van der Waals surface area contributed by atoms with E-state index < -0.39 is 0 Å². The second kappa shape index (κ2) is 6.97. The Hall–Kier alpha value is -1.78. The van der Waals surface area contributed by atoms with E-state index in [1.165, 1.54) is 6.42 Å². The molecular formula is C14H22N4O. The van der Waals surface area contributed by atoms with Gasteiger partial charge in [-0.3, -0.25) is 4.79 Å². The number of nitrogens with one attached hydrogen (secondary N) is 2. The molecule has 1 aromatic heterocycles. The SMILES string of the molecule is CCNc1cc(NCC(=O)N2CCCCC2)ccn1. The van der Waals surface area contributed by atoms with Crippen LogP contribution in [0.25, 0.3) is 0 Å². The van der Waals surface area contributed by atoms with Crippen LogP contribution in [0.4, 0.5) is 11.5 Å². The predicted octanol–water partition coefficient (Wildman–Crippen LogP) is 1.94. The standard InChI is InChI=1S/C14H22N4O/c1-2-15-13-10-12(6-7-16-13)17-11-14(19)18-8-4-3-5-9-18/h6-7,10H,2-5,8-9,11H2,1H3,(H2,15,16,17). The number of carbonyl (C=O) groups excluding carboxylic acids is 1. The Morgan fingerprint density at radius 1 is 1.32 bits per heavy atom. The number of likely N-dealkylation sites (tertiary alicyclic amines) is 1. The summed E-state index contributed by atoms with van der Waals surface area (Å²) < 4.78 is 0. The van der Waals surface area contributed by atoms with Gasteiger partial charge in [-0.05, 0) is 32.3 Å². The first-order valence-electron chi connectivity index (χ1n) is 7.01. The van der Waals surface area contributed by atoms with Crippen LogP contribution in [0.5, 0.6) is 0 Å². The summed E-state index contributed by atoms with van der Waals surface area (Å²) in [4.78, 5) is 18.2.